The topological polar surface area (TPSA) is 61.4 Å². The molecule has 1 aliphatic rings. The highest BCUT2D eigenvalue weighted by Gasteiger charge is 2.17. The van der Waals surface area contributed by atoms with Crippen molar-refractivity contribution in [2.45, 2.75) is 13.0 Å². The van der Waals surface area contributed by atoms with Crippen LogP contribution in [0, 0.1) is 0 Å². The van der Waals surface area contributed by atoms with E-state index in [-0.39, 0.29) is 6.04 Å². The van der Waals surface area contributed by atoms with Gasteiger partial charge in [0.1, 0.15) is 5.82 Å². The average Bonchev–Trinajstić information content (AvgIpc) is 2.63. The Morgan fingerprint density at radius 3 is 2.57 bits per heavy atom. The van der Waals surface area contributed by atoms with Crippen molar-refractivity contribution >= 4 is 18.2 Å². The molecular weight excluding hydrogens is 290 g/mol. The minimum atomic E-state index is 0.137. The quantitative estimate of drug-likeness (QED) is 0.855. The molecular formula is C17H21N5O. The summed E-state index contributed by atoms with van der Waals surface area (Å²) in [5.74, 6) is 1.52. The van der Waals surface area contributed by atoms with Crippen LogP contribution in [0.1, 0.15) is 18.5 Å². The van der Waals surface area contributed by atoms with E-state index in [1.54, 1.807) is 11.1 Å². The highest BCUT2D eigenvalue weighted by atomic mass is 16.1. The molecule has 1 N–H and O–H groups in total. The van der Waals surface area contributed by atoms with E-state index in [0.717, 1.165) is 38.4 Å². The molecule has 1 unspecified atom stereocenters. The molecule has 6 heteroatoms. The molecule has 6 nitrogen and oxygen atoms in total. The second-order valence-corrected chi connectivity index (χ2v) is 5.64. The third-order valence-electron chi connectivity index (χ3n) is 4.07. The predicted molar refractivity (Wildman–Crippen MR) is 90.4 cm³/mol. The first kappa shape index (κ1) is 15.3. The highest BCUT2D eigenvalue weighted by molar-refractivity contribution is 5.49. The van der Waals surface area contributed by atoms with Gasteiger partial charge < -0.3 is 15.1 Å². The van der Waals surface area contributed by atoms with E-state index in [1.807, 2.05) is 24.3 Å². The molecule has 0 spiro atoms. The van der Waals surface area contributed by atoms with E-state index in [4.69, 9.17) is 0 Å². The number of hydrogen-bond donors (Lipinski definition) is 1. The predicted octanol–water partition coefficient (Wildman–Crippen LogP) is 1.93. The van der Waals surface area contributed by atoms with Gasteiger partial charge in [0.15, 0.2) is 0 Å². The standard InChI is InChI=1S/C17H21N5O/c1-14(15-5-3-2-4-6-15)19-17-18-8-7-16(20-17)22-11-9-21(13-23)10-12-22/h2-8,13-14H,9-12H2,1H3,(H,18,19,20). The zero-order valence-electron chi connectivity index (χ0n) is 13.2. The van der Waals surface area contributed by atoms with Gasteiger partial charge in [-0.25, -0.2) is 4.98 Å². The summed E-state index contributed by atoms with van der Waals surface area (Å²) in [6.45, 7) is 5.15. The molecule has 1 aliphatic heterocycles. The summed E-state index contributed by atoms with van der Waals surface area (Å²) < 4.78 is 0. The molecule has 1 fully saturated rings. The van der Waals surface area contributed by atoms with Crippen molar-refractivity contribution in [3.63, 3.8) is 0 Å². The Hall–Kier alpha value is -2.63. The molecule has 1 aromatic carbocycles. The summed E-state index contributed by atoms with van der Waals surface area (Å²) in [6, 6.07) is 12.3. The van der Waals surface area contributed by atoms with E-state index in [2.05, 4.69) is 39.2 Å². The van der Waals surface area contributed by atoms with Crippen LogP contribution in [0.2, 0.25) is 0 Å². The summed E-state index contributed by atoms with van der Waals surface area (Å²) in [4.78, 5) is 23.7. The molecule has 1 atom stereocenters. The molecule has 120 valence electrons. The normalized spacial score (nSPS) is 16.0. The SMILES string of the molecule is CC(Nc1nccc(N2CCN(C=O)CC2)n1)c1ccccc1. The molecule has 0 aliphatic carbocycles. The number of anilines is 2. The number of carbonyl (C=O) groups is 1. The fraction of sp³-hybridized carbons (Fsp3) is 0.353. The van der Waals surface area contributed by atoms with Gasteiger partial charge in [0.2, 0.25) is 12.4 Å². The van der Waals surface area contributed by atoms with Crippen LogP contribution >= 0.6 is 0 Å². The Bertz CT molecular complexity index is 640. The Kier molecular flexibility index (Phi) is 4.71. The molecule has 3 rings (SSSR count). The number of nitrogens with one attached hydrogen (secondary N) is 1. The largest absolute Gasteiger partial charge is 0.353 e. The first-order valence-corrected chi connectivity index (χ1v) is 7.85. The number of nitrogens with zero attached hydrogens (tertiary/aromatic N) is 4. The lowest BCUT2D eigenvalue weighted by molar-refractivity contribution is -0.118. The first-order chi connectivity index (χ1) is 11.3. The molecule has 0 bridgehead atoms. The van der Waals surface area contributed by atoms with E-state index < -0.39 is 0 Å². The van der Waals surface area contributed by atoms with E-state index >= 15 is 0 Å². The molecule has 1 aromatic heterocycles. The van der Waals surface area contributed by atoms with Crippen molar-refractivity contribution < 1.29 is 4.79 Å². The van der Waals surface area contributed by atoms with Gasteiger partial charge >= 0.3 is 0 Å². The lowest BCUT2D eigenvalue weighted by Gasteiger charge is -2.33. The Balaban J connectivity index is 1.67. The van der Waals surface area contributed by atoms with Crippen molar-refractivity contribution in [1.29, 1.82) is 0 Å². The Morgan fingerprint density at radius 1 is 1.13 bits per heavy atom. The van der Waals surface area contributed by atoms with Crippen molar-refractivity contribution in [1.82, 2.24) is 14.9 Å². The monoisotopic (exact) mass is 311 g/mol. The summed E-state index contributed by atoms with van der Waals surface area (Å²) in [7, 11) is 0. The first-order valence-electron chi connectivity index (χ1n) is 7.85. The number of piperazine rings is 1. The zero-order chi connectivity index (χ0) is 16.1. The van der Waals surface area contributed by atoms with Crippen LogP contribution in [0.5, 0.6) is 0 Å². The van der Waals surface area contributed by atoms with Crippen LogP contribution in [0.4, 0.5) is 11.8 Å². The molecule has 2 heterocycles. The van der Waals surface area contributed by atoms with Crippen molar-refractivity contribution in [3.05, 3.63) is 48.2 Å². The summed E-state index contributed by atoms with van der Waals surface area (Å²) in [5.41, 5.74) is 1.20. The van der Waals surface area contributed by atoms with E-state index in [1.165, 1.54) is 5.56 Å². The molecule has 1 saturated heterocycles. The van der Waals surface area contributed by atoms with Gasteiger partial charge in [0.05, 0.1) is 6.04 Å². The van der Waals surface area contributed by atoms with Crippen LogP contribution in [0.25, 0.3) is 0 Å². The minimum absolute atomic E-state index is 0.137. The summed E-state index contributed by atoms with van der Waals surface area (Å²) >= 11 is 0. The second kappa shape index (κ2) is 7.09. The fourth-order valence-corrected chi connectivity index (χ4v) is 2.67. The van der Waals surface area contributed by atoms with Crippen LogP contribution in [0.15, 0.2) is 42.6 Å². The zero-order valence-corrected chi connectivity index (χ0v) is 13.2. The minimum Gasteiger partial charge on any atom is -0.353 e. The fourth-order valence-electron chi connectivity index (χ4n) is 2.67. The summed E-state index contributed by atoms with van der Waals surface area (Å²) in [6.07, 6.45) is 2.68. The third kappa shape index (κ3) is 3.77. The van der Waals surface area contributed by atoms with Gasteiger partial charge in [0, 0.05) is 32.4 Å². The second-order valence-electron chi connectivity index (χ2n) is 5.64. The van der Waals surface area contributed by atoms with E-state index in [9.17, 15) is 4.79 Å². The van der Waals surface area contributed by atoms with Crippen molar-refractivity contribution in [2.75, 3.05) is 36.4 Å². The van der Waals surface area contributed by atoms with Crippen molar-refractivity contribution in [2.24, 2.45) is 0 Å². The number of amides is 1. The van der Waals surface area contributed by atoms with Crippen LogP contribution < -0.4 is 10.2 Å². The average molecular weight is 311 g/mol. The van der Waals surface area contributed by atoms with Gasteiger partial charge in [0.25, 0.3) is 0 Å². The smallest absolute Gasteiger partial charge is 0.225 e. The maximum absolute atomic E-state index is 10.8. The molecule has 0 saturated carbocycles. The third-order valence-corrected chi connectivity index (χ3v) is 4.07. The Labute approximate surface area is 136 Å². The van der Waals surface area contributed by atoms with Crippen LogP contribution in [0.3, 0.4) is 0 Å². The summed E-state index contributed by atoms with van der Waals surface area (Å²) in [5, 5.41) is 3.34. The van der Waals surface area contributed by atoms with Gasteiger partial charge in [-0.15, -0.1) is 0 Å². The number of benzene rings is 1. The van der Waals surface area contributed by atoms with Gasteiger partial charge in [-0.3, -0.25) is 4.79 Å². The number of hydrogen-bond acceptors (Lipinski definition) is 5. The highest BCUT2D eigenvalue weighted by Crippen LogP contribution is 2.19. The van der Waals surface area contributed by atoms with Gasteiger partial charge in [-0.05, 0) is 18.6 Å². The maximum atomic E-state index is 10.8. The van der Waals surface area contributed by atoms with Crippen molar-refractivity contribution in [3.8, 4) is 0 Å². The number of rotatable bonds is 5. The van der Waals surface area contributed by atoms with E-state index in [0.29, 0.717) is 5.95 Å². The molecule has 23 heavy (non-hydrogen) atoms. The molecule has 2 aromatic rings. The van der Waals surface area contributed by atoms with Crippen LogP contribution in [-0.2, 0) is 4.79 Å². The lowest BCUT2D eigenvalue weighted by Crippen LogP contribution is -2.46. The molecule has 1 amide bonds. The number of carbonyl (C=O) groups excluding carboxylic acids is 1. The van der Waals surface area contributed by atoms with Gasteiger partial charge in [-0.2, -0.15) is 4.98 Å². The lowest BCUT2D eigenvalue weighted by atomic mass is 10.1. The number of aromatic nitrogens is 2. The van der Waals surface area contributed by atoms with Gasteiger partial charge in [-0.1, -0.05) is 30.3 Å². The van der Waals surface area contributed by atoms with Crippen LogP contribution in [-0.4, -0.2) is 47.5 Å². The maximum Gasteiger partial charge on any atom is 0.225 e. The molecule has 0 radical (unpaired) electrons. The Morgan fingerprint density at radius 2 is 1.87 bits per heavy atom.